The maximum absolute atomic E-state index is 12.8. The highest BCUT2D eigenvalue weighted by Gasteiger charge is 2.27. The Bertz CT molecular complexity index is 455. The van der Waals surface area contributed by atoms with Gasteiger partial charge in [0.15, 0.2) is 0 Å². The molecule has 3 nitrogen and oxygen atoms in total. The predicted molar refractivity (Wildman–Crippen MR) is 81.5 cm³/mol. The van der Waals surface area contributed by atoms with E-state index in [-0.39, 0.29) is 5.91 Å². The number of carbonyl (C=O) groups is 1. The number of rotatable bonds is 4. The van der Waals surface area contributed by atoms with E-state index in [9.17, 15) is 4.79 Å². The Morgan fingerprint density at radius 1 is 1.53 bits per heavy atom. The van der Waals surface area contributed by atoms with E-state index in [4.69, 9.17) is 0 Å². The molecule has 4 heteroatoms. The average Bonchev–Trinajstić information content (AvgIpc) is 2.92. The molecule has 1 amide bonds. The Morgan fingerprint density at radius 3 is 2.95 bits per heavy atom. The number of hydrogen-bond acceptors (Lipinski definition) is 2. The summed E-state index contributed by atoms with van der Waals surface area (Å²) in [5, 5.41) is 3.34. The quantitative estimate of drug-likeness (QED) is 0.923. The van der Waals surface area contributed by atoms with Gasteiger partial charge in [0.05, 0.1) is 5.56 Å². The van der Waals surface area contributed by atoms with Crippen LogP contribution in [0.5, 0.6) is 0 Å². The van der Waals surface area contributed by atoms with Gasteiger partial charge >= 0.3 is 0 Å². The first-order valence-electron chi connectivity index (χ1n) is 6.91. The van der Waals surface area contributed by atoms with E-state index in [0.717, 1.165) is 48.1 Å². The number of benzene rings is 1. The van der Waals surface area contributed by atoms with Crippen LogP contribution in [-0.2, 0) is 0 Å². The predicted octanol–water partition coefficient (Wildman–Crippen LogP) is 2.97. The molecular formula is C15H21BrN2O. The van der Waals surface area contributed by atoms with Crippen molar-refractivity contribution in [2.24, 2.45) is 0 Å². The van der Waals surface area contributed by atoms with Gasteiger partial charge < -0.3 is 10.2 Å². The van der Waals surface area contributed by atoms with Crippen molar-refractivity contribution in [3.8, 4) is 0 Å². The van der Waals surface area contributed by atoms with Crippen LogP contribution in [-0.4, -0.2) is 36.5 Å². The van der Waals surface area contributed by atoms with Crippen LogP contribution < -0.4 is 5.32 Å². The lowest BCUT2D eigenvalue weighted by Crippen LogP contribution is -2.42. The number of hydrogen-bond donors (Lipinski definition) is 1. The highest BCUT2D eigenvalue weighted by molar-refractivity contribution is 9.10. The number of nitrogens with one attached hydrogen (secondary N) is 1. The lowest BCUT2D eigenvalue weighted by atomic mass is 10.1. The van der Waals surface area contributed by atoms with Gasteiger partial charge in [0.25, 0.3) is 5.91 Å². The van der Waals surface area contributed by atoms with Crippen molar-refractivity contribution >= 4 is 21.8 Å². The van der Waals surface area contributed by atoms with Crippen molar-refractivity contribution in [1.29, 1.82) is 0 Å². The number of aryl methyl sites for hydroxylation is 1. The average molecular weight is 325 g/mol. The lowest BCUT2D eigenvalue weighted by molar-refractivity contribution is 0.0691. The highest BCUT2D eigenvalue weighted by Crippen LogP contribution is 2.22. The minimum absolute atomic E-state index is 0.145. The van der Waals surface area contributed by atoms with Crippen LogP contribution in [0.2, 0.25) is 0 Å². The number of halogens is 1. The molecular weight excluding hydrogens is 304 g/mol. The Morgan fingerprint density at radius 2 is 2.32 bits per heavy atom. The van der Waals surface area contributed by atoms with E-state index < -0.39 is 0 Å². The largest absolute Gasteiger partial charge is 0.334 e. The van der Waals surface area contributed by atoms with E-state index in [1.54, 1.807) is 0 Å². The first-order valence-corrected chi connectivity index (χ1v) is 7.70. The summed E-state index contributed by atoms with van der Waals surface area (Å²) in [5.74, 6) is 0.145. The number of amides is 1. The maximum atomic E-state index is 12.8. The fourth-order valence-corrected chi connectivity index (χ4v) is 2.97. The zero-order valence-corrected chi connectivity index (χ0v) is 13.2. The summed E-state index contributed by atoms with van der Waals surface area (Å²) in [6.45, 7) is 6.88. The minimum atomic E-state index is 0.145. The molecule has 104 valence electrons. The molecule has 1 aliphatic rings. The van der Waals surface area contributed by atoms with E-state index in [1.165, 1.54) is 0 Å². The molecule has 1 aromatic carbocycles. The highest BCUT2D eigenvalue weighted by atomic mass is 79.9. The molecule has 0 saturated carbocycles. The second-order valence-corrected chi connectivity index (χ2v) is 5.98. The SMILES string of the molecule is CCCN(C(=O)c1cc(C)ccc1Br)C1CCNC1. The standard InChI is InChI=1S/C15H21BrN2O/c1-3-8-18(12-6-7-17-10-12)15(19)13-9-11(2)4-5-14(13)16/h4-5,9,12,17H,3,6-8,10H2,1-2H3. The van der Waals surface area contributed by atoms with Gasteiger partial charge in [-0.05, 0) is 54.4 Å². The fraction of sp³-hybridized carbons (Fsp3) is 0.533. The smallest absolute Gasteiger partial charge is 0.255 e. The molecule has 1 saturated heterocycles. The molecule has 0 radical (unpaired) electrons. The molecule has 1 heterocycles. The van der Waals surface area contributed by atoms with Gasteiger partial charge in [-0.3, -0.25) is 4.79 Å². The molecule has 1 aliphatic heterocycles. The van der Waals surface area contributed by atoms with E-state index in [0.29, 0.717) is 6.04 Å². The molecule has 0 spiro atoms. The molecule has 0 bridgehead atoms. The molecule has 0 aromatic heterocycles. The summed E-state index contributed by atoms with van der Waals surface area (Å²) in [7, 11) is 0. The van der Waals surface area contributed by atoms with Gasteiger partial charge in [-0.1, -0.05) is 18.6 Å². The van der Waals surface area contributed by atoms with Crippen molar-refractivity contribution in [3.63, 3.8) is 0 Å². The topological polar surface area (TPSA) is 32.3 Å². The zero-order valence-electron chi connectivity index (χ0n) is 11.6. The second-order valence-electron chi connectivity index (χ2n) is 5.13. The van der Waals surface area contributed by atoms with Gasteiger partial charge in [0.1, 0.15) is 0 Å². The molecule has 1 fully saturated rings. The van der Waals surface area contributed by atoms with Crippen LogP contribution in [0.1, 0.15) is 35.7 Å². The van der Waals surface area contributed by atoms with Gasteiger partial charge in [-0.25, -0.2) is 0 Å². The van der Waals surface area contributed by atoms with Crippen LogP contribution in [0.3, 0.4) is 0 Å². The third-order valence-corrected chi connectivity index (χ3v) is 4.24. The Kier molecular flexibility index (Phi) is 4.99. The van der Waals surface area contributed by atoms with Gasteiger partial charge in [0.2, 0.25) is 0 Å². The van der Waals surface area contributed by atoms with E-state index >= 15 is 0 Å². The molecule has 2 rings (SSSR count). The van der Waals surface area contributed by atoms with Crippen LogP contribution >= 0.6 is 15.9 Å². The van der Waals surface area contributed by atoms with E-state index in [2.05, 4.69) is 28.2 Å². The summed E-state index contributed by atoms with van der Waals surface area (Å²) >= 11 is 3.50. The van der Waals surface area contributed by atoms with Crippen LogP contribution in [0.15, 0.2) is 22.7 Å². The Hall–Kier alpha value is -0.870. The third-order valence-electron chi connectivity index (χ3n) is 3.55. The normalized spacial score (nSPS) is 18.6. The number of nitrogens with zero attached hydrogens (tertiary/aromatic N) is 1. The number of carbonyl (C=O) groups excluding carboxylic acids is 1. The summed E-state index contributed by atoms with van der Waals surface area (Å²) in [5.41, 5.74) is 1.90. The van der Waals surface area contributed by atoms with Crippen molar-refractivity contribution < 1.29 is 4.79 Å². The zero-order chi connectivity index (χ0) is 13.8. The molecule has 1 atom stereocenters. The molecule has 1 N–H and O–H groups in total. The molecule has 1 unspecified atom stereocenters. The second kappa shape index (κ2) is 6.53. The first-order chi connectivity index (χ1) is 9.13. The summed E-state index contributed by atoms with van der Waals surface area (Å²) in [6.07, 6.45) is 2.04. The first kappa shape index (κ1) is 14.5. The van der Waals surface area contributed by atoms with Crippen LogP contribution in [0, 0.1) is 6.92 Å². The minimum Gasteiger partial charge on any atom is -0.334 e. The molecule has 19 heavy (non-hydrogen) atoms. The lowest BCUT2D eigenvalue weighted by Gasteiger charge is -2.28. The fourth-order valence-electron chi connectivity index (χ4n) is 2.55. The molecule has 1 aromatic rings. The van der Waals surface area contributed by atoms with Gasteiger partial charge in [-0.15, -0.1) is 0 Å². The third kappa shape index (κ3) is 3.37. The van der Waals surface area contributed by atoms with Gasteiger partial charge in [0, 0.05) is 23.6 Å². The Labute approximate surface area is 123 Å². The van der Waals surface area contributed by atoms with E-state index in [1.807, 2.05) is 30.0 Å². The van der Waals surface area contributed by atoms with Gasteiger partial charge in [-0.2, -0.15) is 0 Å². The molecule has 0 aliphatic carbocycles. The van der Waals surface area contributed by atoms with Crippen molar-refractivity contribution in [3.05, 3.63) is 33.8 Å². The van der Waals surface area contributed by atoms with Crippen LogP contribution in [0.25, 0.3) is 0 Å². The Balaban J connectivity index is 2.25. The monoisotopic (exact) mass is 324 g/mol. The van der Waals surface area contributed by atoms with Crippen molar-refractivity contribution in [2.75, 3.05) is 19.6 Å². The van der Waals surface area contributed by atoms with Crippen molar-refractivity contribution in [1.82, 2.24) is 10.2 Å². The van der Waals surface area contributed by atoms with Crippen molar-refractivity contribution in [2.45, 2.75) is 32.7 Å². The summed E-state index contributed by atoms with van der Waals surface area (Å²) in [6, 6.07) is 6.28. The summed E-state index contributed by atoms with van der Waals surface area (Å²) < 4.78 is 0.884. The summed E-state index contributed by atoms with van der Waals surface area (Å²) in [4.78, 5) is 14.8. The van der Waals surface area contributed by atoms with Crippen LogP contribution in [0.4, 0.5) is 0 Å². The maximum Gasteiger partial charge on any atom is 0.255 e.